The van der Waals surface area contributed by atoms with Gasteiger partial charge < -0.3 is 5.32 Å². The van der Waals surface area contributed by atoms with Crippen molar-refractivity contribution in [2.75, 3.05) is 19.0 Å². The van der Waals surface area contributed by atoms with Crippen molar-refractivity contribution >= 4 is 22.9 Å². The van der Waals surface area contributed by atoms with Crippen LogP contribution in [-0.4, -0.2) is 19.0 Å². The van der Waals surface area contributed by atoms with E-state index in [9.17, 15) is 0 Å². The topological polar surface area (TPSA) is 12.0 Å². The van der Waals surface area contributed by atoms with Crippen molar-refractivity contribution in [3.8, 4) is 0 Å². The smallest absolute Gasteiger partial charge is 0.0404 e. The van der Waals surface area contributed by atoms with Gasteiger partial charge in [-0.05, 0) is 11.4 Å². The molecule has 0 aliphatic heterocycles. The molecular formula is C12H18ClNS. The normalized spacial score (nSPS) is 12.5. The molecule has 0 saturated heterocycles. The second kappa shape index (κ2) is 6.31. The Hall–Kier alpha value is -0.310. The fourth-order valence-corrected chi connectivity index (χ4v) is 2.34. The fraction of sp³-hybridized carbons (Fsp3) is 0.500. The van der Waals surface area contributed by atoms with E-state index in [2.05, 4.69) is 42.8 Å². The first-order valence-electron chi connectivity index (χ1n) is 5.12. The zero-order chi connectivity index (χ0) is 11.1. The molecule has 1 aromatic heterocycles. The number of allylic oxidation sites excluding steroid dienone is 1. The second-order valence-corrected chi connectivity index (χ2v) is 5.37. The van der Waals surface area contributed by atoms with Crippen LogP contribution in [0.1, 0.15) is 18.7 Å². The summed E-state index contributed by atoms with van der Waals surface area (Å²) >= 11 is 7.36. The number of hydrogen-bond acceptors (Lipinski definition) is 2. The Morgan fingerprint density at radius 1 is 1.47 bits per heavy atom. The van der Waals surface area contributed by atoms with E-state index in [1.165, 1.54) is 4.88 Å². The average Bonchev–Trinajstić information content (AvgIpc) is 2.70. The first-order chi connectivity index (χ1) is 7.17. The zero-order valence-electron chi connectivity index (χ0n) is 9.29. The lowest BCUT2D eigenvalue weighted by molar-refractivity contribution is 0.492. The van der Waals surface area contributed by atoms with Crippen LogP contribution in [0.15, 0.2) is 29.7 Å². The molecule has 1 N–H and O–H groups in total. The Labute approximate surface area is 101 Å². The highest BCUT2D eigenvalue weighted by Gasteiger charge is 2.20. The van der Waals surface area contributed by atoms with Crippen LogP contribution in [0.4, 0.5) is 0 Å². The van der Waals surface area contributed by atoms with Crippen LogP contribution in [0.5, 0.6) is 0 Å². The molecule has 84 valence electrons. The molecule has 0 atom stereocenters. The first kappa shape index (κ1) is 12.8. The Morgan fingerprint density at radius 2 is 2.27 bits per heavy atom. The molecule has 0 saturated carbocycles. The number of alkyl halides is 1. The van der Waals surface area contributed by atoms with Crippen LogP contribution in [0, 0.1) is 0 Å². The van der Waals surface area contributed by atoms with E-state index in [1.54, 1.807) is 0 Å². The molecule has 1 heterocycles. The number of nitrogens with one attached hydrogen (secondary N) is 1. The van der Waals surface area contributed by atoms with Crippen LogP contribution in [0.2, 0.25) is 0 Å². The number of halogens is 1. The van der Waals surface area contributed by atoms with E-state index < -0.39 is 0 Å². The molecule has 0 fully saturated rings. The van der Waals surface area contributed by atoms with Gasteiger partial charge in [-0.1, -0.05) is 32.1 Å². The second-order valence-electron chi connectivity index (χ2n) is 4.12. The van der Waals surface area contributed by atoms with Gasteiger partial charge in [-0.3, -0.25) is 0 Å². The summed E-state index contributed by atoms with van der Waals surface area (Å²) in [6.07, 6.45) is 4.03. The molecule has 0 amide bonds. The number of rotatable bonds is 6. The molecule has 1 aromatic rings. The van der Waals surface area contributed by atoms with E-state index in [0.29, 0.717) is 5.88 Å². The summed E-state index contributed by atoms with van der Waals surface area (Å²) in [6.45, 7) is 6.40. The van der Waals surface area contributed by atoms with Crippen LogP contribution < -0.4 is 5.32 Å². The van der Waals surface area contributed by atoms with Gasteiger partial charge >= 0.3 is 0 Å². The maximum absolute atomic E-state index is 5.54. The Bertz CT molecular complexity index is 291. The molecule has 0 aromatic carbocycles. The minimum absolute atomic E-state index is 0.211. The molecule has 0 radical (unpaired) electrons. The molecule has 0 aliphatic rings. The monoisotopic (exact) mass is 243 g/mol. The predicted molar refractivity (Wildman–Crippen MR) is 70.1 cm³/mol. The van der Waals surface area contributed by atoms with Gasteiger partial charge in [0.15, 0.2) is 0 Å². The summed E-state index contributed by atoms with van der Waals surface area (Å²) in [5.41, 5.74) is 0.211. The molecule has 0 unspecified atom stereocenters. The predicted octanol–water partition coefficient (Wildman–Crippen LogP) is 3.41. The fourth-order valence-electron chi connectivity index (χ4n) is 1.37. The van der Waals surface area contributed by atoms with Gasteiger partial charge in [-0.15, -0.1) is 22.9 Å². The maximum atomic E-state index is 5.54. The van der Waals surface area contributed by atoms with Gasteiger partial charge in [0.05, 0.1) is 0 Å². The Balaban J connectivity index is 2.34. The summed E-state index contributed by atoms with van der Waals surface area (Å²) in [4.78, 5) is 1.43. The highest BCUT2D eigenvalue weighted by molar-refractivity contribution is 7.10. The van der Waals surface area contributed by atoms with E-state index in [1.807, 2.05) is 17.4 Å². The summed E-state index contributed by atoms with van der Waals surface area (Å²) in [7, 11) is 0. The van der Waals surface area contributed by atoms with E-state index in [-0.39, 0.29) is 5.41 Å². The molecule has 0 spiro atoms. The summed E-state index contributed by atoms with van der Waals surface area (Å²) < 4.78 is 0. The quantitative estimate of drug-likeness (QED) is 0.459. The van der Waals surface area contributed by atoms with Crippen molar-refractivity contribution in [1.82, 2.24) is 5.32 Å². The maximum Gasteiger partial charge on any atom is 0.0404 e. The Kier molecular flexibility index (Phi) is 5.37. The van der Waals surface area contributed by atoms with Crippen molar-refractivity contribution < 1.29 is 0 Å². The average molecular weight is 244 g/mol. The van der Waals surface area contributed by atoms with Crippen molar-refractivity contribution in [2.24, 2.45) is 0 Å². The van der Waals surface area contributed by atoms with Gasteiger partial charge in [-0.25, -0.2) is 0 Å². The molecule has 1 nitrogen and oxygen atoms in total. The van der Waals surface area contributed by atoms with E-state index in [4.69, 9.17) is 11.6 Å². The lowest BCUT2D eigenvalue weighted by atomic mass is 9.91. The van der Waals surface area contributed by atoms with Crippen molar-refractivity contribution in [2.45, 2.75) is 19.3 Å². The van der Waals surface area contributed by atoms with Crippen LogP contribution in [-0.2, 0) is 5.41 Å². The van der Waals surface area contributed by atoms with Crippen LogP contribution >= 0.6 is 22.9 Å². The van der Waals surface area contributed by atoms with Gasteiger partial charge in [-0.2, -0.15) is 0 Å². The lowest BCUT2D eigenvalue weighted by Crippen LogP contribution is -2.32. The molecule has 15 heavy (non-hydrogen) atoms. The highest BCUT2D eigenvalue weighted by atomic mass is 35.5. The third-order valence-electron chi connectivity index (χ3n) is 2.27. The molecule has 1 rings (SSSR count). The van der Waals surface area contributed by atoms with Crippen molar-refractivity contribution in [1.29, 1.82) is 0 Å². The SMILES string of the molecule is CC(C)(CNC/C=C/CCl)c1cccs1. The van der Waals surface area contributed by atoms with Gasteiger partial charge in [0.2, 0.25) is 0 Å². The minimum Gasteiger partial charge on any atom is -0.312 e. The lowest BCUT2D eigenvalue weighted by Gasteiger charge is -2.23. The van der Waals surface area contributed by atoms with Gasteiger partial charge in [0, 0.05) is 29.3 Å². The van der Waals surface area contributed by atoms with E-state index in [0.717, 1.165) is 13.1 Å². The molecular weight excluding hydrogens is 226 g/mol. The summed E-state index contributed by atoms with van der Waals surface area (Å²) in [6, 6.07) is 4.30. The highest BCUT2D eigenvalue weighted by Crippen LogP contribution is 2.26. The summed E-state index contributed by atoms with van der Waals surface area (Å²) in [5.74, 6) is 0.593. The molecule has 0 aliphatic carbocycles. The molecule has 0 bridgehead atoms. The minimum atomic E-state index is 0.211. The number of hydrogen-bond donors (Lipinski definition) is 1. The first-order valence-corrected chi connectivity index (χ1v) is 6.54. The standard InChI is InChI=1S/C12H18ClNS/c1-12(2,11-6-5-9-15-11)10-14-8-4-3-7-13/h3-6,9,14H,7-8,10H2,1-2H3/b4-3+. The zero-order valence-corrected chi connectivity index (χ0v) is 10.9. The third kappa shape index (κ3) is 4.37. The largest absolute Gasteiger partial charge is 0.312 e. The van der Waals surface area contributed by atoms with Crippen LogP contribution in [0.3, 0.4) is 0 Å². The number of thiophene rings is 1. The van der Waals surface area contributed by atoms with Gasteiger partial charge in [0.1, 0.15) is 0 Å². The summed E-state index contributed by atoms with van der Waals surface area (Å²) in [5, 5.41) is 5.54. The van der Waals surface area contributed by atoms with Crippen molar-refractivity contribution in [3.63, 3.8) is 0 Å². The van der Waals surface area contributed by atoms with Crippen LogP contribution in [0.25, 0.3) is 0 Å². The Morgan fingerprint density at radius 3 is 2.87 bits per heavy atom. The third-order valence-corrected chi connectivity index (χ3v) is 3.69. The van der Waals surface area contributed by atoms with Gasteiger partial charge in [0.25, 0.3) is 0 Å². The van der Waals surface area contributed by atoms with E-state index >= 15 is 0 Å². The molecule has 3 heteroatoms. The van der Waals surface area contributed by atoms with Crippen molar-refractivity contribution in [3.05, 3.63) is 34.5 Å².